The normalized spacial score (nSPS) is 13.9. The highest BCUT2D eigenvalue weighted by molar-refractivity contribution is 7.27. The van der Waals surface area contributed by atoms with Crippen LogP contribution >= 0.6 is 11.3 Å². The highest BCUT2D eigenvalue weighted by atomic mass is 32.1. The van der Waals surface area contributed by atoms with E-state index in [0.29, 0.717) is 0 Å². The first-order chi connectivity index (χ1) is 30.0. The zero-order valence-electron chi connectivity index (χ0n) is 35.5. The summed E-state index contributed by atoms with van der Waals surface area (Å²) in [5, 5.41) is 9.79. The molecular formula is C56H41BN2O2S. The van der Waals surface area contributed by atoms with Gasteiger partial charge in [-0.05, 0) is 87.5 Å². The van der Waals surface area contributed by atoms with Gasteiger partial charge < -0.3 is 18.2 Å². The van der Waals surface area contributed by atoms with Crippen LogP contribution in [0.15, 0.2) is 148 Å². The molecule has 2 aliphatic rings. The maximum atomic E-state index is 6.75. The molecule has 0 fully saturated rings. The van der Waals surface area contributed by atoms with Gasteiger partial charge in [-0.1, -0.05) is 120 Å². The maximum absolute atomic E-state index is 6.75. The number of hydrogen-bond acceptors (Lipinski definition) is 4. The van der Waals surface area contributed by atoms with Gasteiger partial charge >= 0.3 is 6.85 Å². The number of para-hydroxylation sites is 2. The van der Waals surface area contributed by atoms with Gasteiger partial charge in [-0.2, -0.15) is 0 Å². The quantitative estimate of drug-likeness (QED) is 0.155. The van der Waals surface area contributed by atoms with E-state index in [1.54, 1.807) is 0 Å². The summed E-state index contributed by atoms with van der Waals surface area (Å²) in [5.41, 5.74) is 17.4. The van der Waals surface area contributed by atoms with Gasteiger partial charge in [0.05, 0.1) is 11.0 Å². The highest BCUT2D eigenvalue weighted by Crippen LogP contribution is 2.54. The molecule has 12 aromatic rings. The van der Waals surface area contributed by atoms with Crippen LogP contribution in [0.5, 0.6) is 0 Å². The second-order valence-corrected chi connectivity index (χ2v) is 20.7. The van der Waals surface area contributed by atoms with Crippen molar-refractivity contribution >= 4 is 126 Å². The first-order valence-electron chi connectivity index (χ1n) is 21.8. The lowest BCUT2D eigenvalue weighted by Gasteiger charge is -2.42. The van der Waals surface area contributed by atoms with Crippen LogP contribution in [0.1, 0.15) is 52.7 Å². The predicted octanol–water partition coefficient (Wildman–Crippen LogP) is 14.8. The smallest absolute Gasteiger partial charge is 0.333 e. The minimum Gasteiger partial charge on any atom is -0.456 e. The average molecular weight is 817 g/mol. The number of nitrogens with zero attached hydrogens (tertiary/aromatic N) is 2. The van der Waals surface area contributed by atoms with Crippen LogP contribution in [-0.4, -0.2) is 11.4 Å². The van der Waals surface area contributed by atoms with Gasteiger partial charge in [0.1, 0.15) is 22.3 Å². The Morgan fingerprint density at radius 3 is 1.85 bits per heavy atom. The molecule has 8 aromatic carbocycles. The third kappa shape index (κ3) is 4.42. The molecule has 0 spiro atoms. The van der Waals surface area contributed by atoms with Crippen molar-refractivity contribution in [3.8, 4) is 16.8 Å². The van der Waals surface area contributed by atoms with Crippen molar-refractivity contribution in [1.29, 1.82) is 0 Å². The fourth-order valence-corrected chi connectivity index (χ4v) is 12.4. The molecular weight excluding hydrogens is 776 g/mol. The number of furan rings is 2. The molecule has 6 heterocycles. The maximum Gasteiger partial charge on any atom is 0.333 e. The molecule has 0 bridgehead atoms. The summed E-state index contributed by atoms with van der Waals surface area (Å²) in [6, 6.07) is 52.2. The molecule has 0 atom stereocenters. The summed E-state index contributed by atoms with van der Waals surface area (Å²) in [6.07, 6.45) is 0. The van der Waals surface area contributed by atoms with Crippen LogP contribution in [0, 0.1) is 0 Å². The Bertz CT molecular complexity index is 3960. The number of benzene rings is 8. The predicted molar refractivity (Wildman–Crippen MR) is 265 cm³/mol. The lowest BCUT2D eigenvalue weighted by molar-refractivity contribution is 0.590. The van der Waals surface area contributed by atoms with E-state index in [1.807, 2.05) is 11.3 Å². The number of aromatic nitrogens is 1. The van der Waals surface area contributed by atoms with E-state index in [1.165, 1.54) is 80.8 Å². The molecule has 0 saturated carbocycles. The van der Waals surface area contributed by atoms with Crippen molar-refractivity contribution in [2.75, 3.05) is 4.81 Å². The van der Waals surface area contributed by atoms with E-state index in [-0.39, 0.29) is 17.7 Å². The van der Waals surface area contributed by atoms with Crippen molar-refractivity contribution in [2.24, 2.45) is 0 Å². The molecule has 0 unspecified atom stereocenters. The largest absolute Gasteiger partial charge is 0.456 e. The van der Waals surface area contributed by atoms with Gasteiger partial charge in [0.15, 0.2) is 0 Å². The van der Waals surface area contributed by atoms with E-state index in [0.717, 1.165) is 55.3 Å². The fourth-order valence-electron chi connectivity index (χ4n) is 11.1. The van der Waals surface area contributed by atoms with E-state index in [4.69, 9.17) is 8.83 Å². The number of hydrogen-bond donors (Lipinski definition) is 0. The van der Waals surface area contributed by atoms with E-state index >= 15 is 0 Å². The van der Waals surface area contributed by atoms with Gasteiger partial charge in [-0.3, -0.25) is 0 Å². The fraction of sp³-hybridized carbons (Fsp3) is 0.143. The van der Waals surface area contributed by atoms with Crippen LogP contribution in [-0.2, 0) is 10.8 Å². The van der Waals surface area contributed by atoms with Crippen LogP contribution in [0.25, 0.3) is 103 Å². The van der Waals surface area contributed by atoms with Gasteiger partial charge in [-0.15, -0.1) is 11.3 Å². The van der Waals surface area contributed by atoms with Crippen molar-refractivity contribution < 1.29 is 8.83 Å². The van der Waals surface area contributed by atoms with Crippen molar-refractivity contribution in [1.82, 2.24) is 4.57 Å². The summed E-state index contributed by atoms with van der Waals surface area (Å²) in [4.78, 5) is 2.65. The molecule has 0 saturated heterocycles. The molecule has 14 rings (SSSR count). The minimum absolute atomic E-state index is 0.0178. The van der Waals surface area contributed by atoms with E-state index in [9.17, 15) is 0 Å². The average Bonchev–Trinajstić information content (AvgIpc) is 4.02. The number of fused-ring (bicyclic) bond motifs is 19. The SMILES string of the molecule is CC(C)(C)c1ccc(N2B3c4cc5c(cc4-n4c6ccc(C(C)(C)C)cc6c6c7c(sc8ccccc87)c(c3c64)-c3cc4oc6ccccc6c4cc32)oc2ccccc25)cc1. The highest BCUT2D eigenvalue weighted by Gasteiger charge is 2.46. The van der Waals surface area contributed by atoms with Crippen LogP contribution < -0.4 is 15.7 Å². The molecule has 62 heavy (non-hydrogen) atoms. The third-order valence-electron chi connectivity index (χ3n) is 14.1. The summed E-state index contributed by atoms with van der Waals surface area (Å²) >= 11 is 1.93. The zero-order chi connectivity index (χ0) is 41.6. The van der Waals surface area contributed by atoms with Crippen molar-refractivity contribution in [3.05, 3.63) is 151 Å². The van der Waals surface area contributed by atoms with E-state index in [2.05, 4.69) is 190 Å². The van der Waals surface area contributed by atoms with E-state index < -0.39 is 0 Å². The van der Waals surface area contributed by atoms with Gasteiger partial charge in [0, 0.05) is 86.7 Å². The number of anilines is 2. The van der Waals surface area contributed by atoms with Crippen molar-refractivity contribution in [2.45, 2.75) is 52.4 Å². The standard InChI is InChI=1S/C56H41BN2O2S/c1-55(2,3)30-19-22-32(23-20-30)59-42-27-37-34-14-8-11-17-45(34)60-46(37)28-39(42)51-52-53-49(50-35-15-9-12-18-48(35)62-54(50)51)38-25-31(56(4,5)6)21-24-41(38)58(53)43-29-47-36(26-40(43)57(52)59)33-13-7-10-16-44(33)61-47/h7-29H,1-6H3. The molecule has 4 nitrogen and oxygen atoms in total. The van der Waals surface area contributed by atoms with Crippen LogP contribution in [0.3, 0.4) is 0 Å². The lowest BCUT2D eigenvalue weighted by atomic mass is 9.43. The van der Waals surface area contributed by atoms with Crippen molar-refractivity contribution in [3.63, 3.8) is 0 Å². The van der Waals surface area contributed by atoms with Crippen LogP contribution in [0.2, 0.25) is 0 Å². The summed E-state index contributed by atoms with van der Waals surface area (Å²) < 4.78 is 18.7. The zero-order valence-corrected chi connectivity index (χ0v) is 36.3. The van der Waals surface area contributed by atoms with Gasteiger partial charge in [0.25, 0.3) is 0 Å². The summed E-state index contributed by atoms with van der Waals surface area (Å²) in [6.45, 7) is 13.7. The summed E-state index contributed by atoms with van der Waals surface area (Å²) in [5.74, 6) is 0. The topological polar surface area (TPSA) is 34.5 Å². The molecule has 296 valence electrons. The first kappa shape index (κ1) is 34.9. The second-order valence-electron chi connectivity index (χ2n) is 19.7. The Balaban J connectivity index is 1.24. The summed E-state index contributed by atoms with van der Waals surface area (Å²) in [7, 11) is 0. The van der Waals surface area contributed by atoms with Gasteiger partial charge in [0.2, 0.25) is 0 Å². The molecule has 0 N–H and O–H groups in total. The first-order valence-corrected chi connectivity index (χ1v) is 22.6. The lowest BCUT2D eigenvalue weighted by Crippen LogP contribution is -2.60. The number of thiophene rings is 1. The molecule has 6 heteroatoms. The molecule has 0 radical (unpaired) electrons. The second kappa shape index (κ2) is 11.6. The third-order valence-corrected chi connectivity index (χ3v) is 15.2. The Hall–Kier alpha value is -6.76. The van der Waals surface area contributed by atoms with Crippen LogP contribution in [0.4, 0.5) is 11.4 Å². The molecule has 4 aromatic heterocycles. The minimum atomic E-state index is -0.155. The molecule has 0 aliphatic carbocycles. The van der Waals surface area contributed by atoms with Gasteiger partial charge in [-0.25, -0.2) is 0 Å². The monoisotopic (exact) mass is 816 g/mol. The Morgan fingerprint density at radius 2 is 1.15 bits per heavy atom. The Morgan fingerprint density at radius 1 is 0.516 bits per heavy atom. The Kier molecular flexibility index (Phi) is 6.52. The Labute approximate surface area is 362 Å². The molecule has 2 aliphatic heterocycles. The number of rotatable bonds is 1. The molecule has 0 amide bonds.